The van der Waals surface area contributed by atoms with Crippen LogP contribution in [0.15, 0.2) is 24.3 Å². The molecule has 18 heavy (non-hydrogen) atoms. The number of carbonyl (C=O) groups is 2. The first-order valence-electron chi connectivity index (χ1n) is 5.49. The van der Waals surface area contributed by atoms with Crippen molar-refractivity contribution in [3.8, 4) is 0 Å². The monoisotopic (exact) mass is 269 g/mol. The summed E-state index contributed by atoms with van der Waals surface area (Å²) in [7, 11) is 0. The highest BCUT2D eigenvalue weighted by atomic mass is 35.5. The van der Waals surface area contributed by atoms with E-state index < -0.39 is 18.1 Å². The lowest BCUT2D eigenvalue weighted by atomic mass is 10.0. The highest BCUT2D eigenvalue weighted by Crippen LogP contribution is 2.21. The number of carboxylic acid groups (broad SMARTS) is 1. The summed E-state index contributed by atoms with van der Waals surface area (Å²) in [6.45, 7) is -0.193. The lowest BCUT2D eigenvalue weighted by Gasteiger charge is -2.16. The molecule has 0 aliphatic carbocycles. The molecule has 1 atom stereocenters. The summed E-state index contributed by atoms with van der Waals surface area (Å²) in [4.78, 5) is 23.3. The van der Waals surface area contributed by atoms with Crippen LogP contribution in [-0.4, -0.2) is 34.8 Å². The minimum atomic E-state index is -1.15. The van der Waals surface area contributed by atoms with Crippen LogP contribution in [0.25, 0.3) is 0 Å². The number of ether oxygens (including phenoxy) is 1. The van der Waals surface area contributed by atoms with Crippen LogP contribution in [0.4, 0.5) is 4.79 Å². The van der Waals surface area contributed by atoms with Gasteiger partial charge in [0.15, 0.2) is 6.73 Å². The summed E-state index contributed by atoms with van der Waals surface area (Å²) in [5.41, 5.74) is 0.893. The summed E-state index contributed by atoms with van der Waals surface area (Å²) < 4.78 is 4.73. The maximum absolute atomic E-state index is 11.4. The van der Waals surface area contributed by atoms with Gasteiger partial charge in [-0.1, -0.05) is 29.8 Å². The Balaban J connectivity index is 2.03. The van der Waals surface area contributed by atoms with Crippen molar-refractivity contribution in [1.29, 1.82) is 0 Å². The highest BCUT2D eigenvalue weighted by Gasteiger charge is 2.37. The second-order valence-electron chi connectivity index (χ2n) is 3.99. The molecule has 1 N–H and O–H groups in total. The molecule has 0 spiro atoms. The minimum absolute atomic E-state index is 0.193. The van der Waals surface area contributed by atoms with Crippen LogP contribution >= 0.6 is 11.6 Å². The molecule has 0 unspecified atom stereocenters. The van der Waals surface area contributed by atoms with Gasteiger partial charge < -0.3 is 9.84 Å². The molecule has 1 saturated heterocycles. The summed E-state index contributed by atoms with van der Waals surface area (Å²) in [5.74, 6) is -0.496. The number of halogens is 1. The number of cyclic esters (lactones) is 1. The van der Waals surface area contributed by atoms with E-state index in [-0.39, 0.29) is 6.73 Å². The SMILES string of the molecule is O=C1OCN(C(=O)O)[C@H]1CCc1ccccc1Cl. The lowest BCUT2D eigenvalue weighted by molar-refractivity contribution is -0.139. The molecule has 1 aromatic carbocycles. The van der Waals surface area contributed by atoms with E-state index in [1.54, 1.807) is 6.07 Å². The van der Waals surface area contributed by atoms with Crippen LogP contribution in [0.5, 0.6) is 0 Å². The maximum Gasteiger partial charge on any atom is 0.410 e. The van der Waals surface area contributed by atoms with E-state index in [0.29, 0.717) is 17.9 Å². The first-order valence-corrected chi connectivity index (χ1v) is 5.87. The van der Waals surface area contributed by atoms with Crippen molar-refractivity contribution in [2.24, 2.45) is 0 Å². The highest BCUT2D eigenvalue weighted by molar-refractivity contribution is 6.31. The van der Waals surface area contributed by atoms with E-state index >= 15 is 0 Å². The van der Waals surface area contributed by atoms with E-state index in [2.05, 4.69) is 0 Å². The smallest absolute Gasteiger partial charge is 0.410 e. The van der Waals surface area contributed by atoms with Gasteiger partial charge in [-0.3, -0.25) is 4.90 Å². The molecule has 0 radical (unpaired) electrons. The summed E-state index contributed by atoms with van der Waals surface area (Å²) in [6, 6.07) is 6.55. The molecule has 0 aromatic heterocycles. The van der Waals surface area contributed by atoms with E-state index in [4.69, 9.17) is 21.4 Å². The third kappa shape index (κ3) is 2.56. The van der Waals surface area contributed by atoms with Gasteiger partial charge in [-0.25, -0.2) is 9.59 Å². The van der Waals surface area contributed by atoms with Gasteiger partial charge in [0.05, 0.1) is 0 Å². The Morgan fingerprint density at radius 1 is 1.50 bits per heavy atom. The Hall–Kier alpha value is -1.75. The van der Waals surface area contributed by atoms with Crippen molar-refractivity contribution in [3.63, 3.8) is 0 Å². The first kappa shape index (κ1) is 12.7. The van der Waals surface area contributed by atoms with Gasteiger partial charge in [0.25, 0.3) is 0 Å². The fraction of sp³-hybridized carbons (Fsp3) is 0.333. The number of hydrogen-bond acceptors (Lipinski definition) is 3. The molecule has 0 saturated carbocycles. The van der Waals surface area contributed by atoms with E-state index in [9.17, 15) is 9.59 Å². The third-order valence-corrected chi connectivity index (χ3v) is 3.25. The molecule has 2 rings (SSSR count). The number of benzene rings is 1. The second-order valence-corrected chi connectivity index (χ2v) is 4.40. The van der Waals surface area contributed by atoms with Crippen LogP contribution in [0.1, 0.15) is 12.0 Å². The molecule has 1 aliphatic rings. The number of aryl methyl sites for hydroxylation is 1. The van der Waals surface area contributed by atoms with E-state index in [1.165, 1.54) is 0 Å². The number of nitrogens with zero attached hydrogens (tertiary/aromatic N) is 1. The van der Waals surface area contributed by atoms with Crippen LogP contribution in [0.3, 0.4) is 0 Å². The Bertz CT molecular complexity index is 477. The minimum Gasteiger partial charge on any atom is -0.465 e. The summed E-state index contributed by atoms with van der Waals surface area (Å²) in [6.07, 6.45) is -0.247. The van der Waals surface area contributed by atoms with Crippen LogP contribution in [0.2, 0.25) is 5.02 Å². The van der Waals surface area contributed by atoms with Gasteiger partial charge in [0.2, 0.25) is 0 Å². The van der Waals surface area contributed by atoms with Crippen molar-refractivity contribution in [3.05, 3.63) is 34.9 Å². The molecule has 1 fully saturated rings. The molecular weight excluding hydrogens is 258 g/mol. The topological polar surface area (TPSA) is 66.8 Å². The number of rotatable bonds is 3. The predicted octanol–water partition coefficient (Wildman–Crippen LogP) is 2.14. The lowest BCUT2D eigenvalue weighted by Crippen LogP contribution is -2.37. The quantitative estimate of drug-likeness (QED) is 0.854. The Morgan fingerprint density at radius 2 is 2.22 bits per heavy atom. The van der Waals surface area contributed by atoms with Crippen molar-refractivity contribution in [1.82, 2.24) is 4.90 Å². The van der Waals surface area contributed by atoms with Gasteiger partial charge in [0, 0.05) is 5.02 Å². The Kier molecular flexibility index (Phi) is 3.72. The molecule has 0 bridgehead atoms. The zero-order chi connectivity index (χ0) is 13.1. The molecule has 1 heterocycles. The van der Waals surface area contributed by atoms with Crippen molar-refractivity contribution in [2.45, 2.75) is 18.9 Å². The maximum atomic E-state index is 11.4. The first-order chi connectivity index (χ1) is 8.59. The van der Waals surface area contributed by atoms with Crippen LogP contribution in [0, 0.1) is 0 Å². The summed E-state index contributed by atoms with van der Waals surface area (Å²) >= 11 is 6.00. The van der Waals surface area contributed by atoms with Crippen molar-refractivity contribution < 1.29 is 19.4 Å². The Labute approximate surface area is 109 Å². The molecular formula is C12H12ClNO4. The molecule has 5 nitrogen and oxygen atoms in total. The van der Waals surface area contributed by atoms with Gasteiger partial charge in [-0.05, 0) is 24.5 Å². The zero-order valence-corrected chi connectivity index (χ0v) is 10.3. The number of esters is 1. The van der Waals surface area contributed by atoms with Crippen LogP contribution in [-0.2, 0) is 16.0 Å². The fourth-order valence-corrected chi connectivity index (χ4v) is 2.13. The molecule has 1 aromatic rings. The van der Waals surface area contributed by atoms with Gasteiger partial charge in [-0.15, -0.1) is 0 Å². The molecule has 6 heteroatoms. The largest absolute Gasteiger partial charge is 0.465 e. The molecule has 96 valence electrons. The van der Waals surface area contributed by atoms with E-state index in [0.717, 1.165) is 10.5 Å². The average Bonchev–Trinajstić information content (AvgIpc) is 2.70. The van der Waals surface area contributed by atoms with E-state index in [1.807, 2.05) is 18.2 Å². The molecule has 1 amide bonds. The van der Waals surface area contributed by atoms with Crippen molar-refractivity contribution >= 4 is 23.7 Å². The second kappa shape index (κ2) is 5.27. The number of amides is 1. The predicted molar refractivity (Wildman–Crippen MR) is 64.4 cm³/mol. The third-order valence-electron chi connectivity index (χ3n) is 2.88. The molecule has 1 aliphatic heterocycles. The number of hydrogen-bond donors (Lipinski definition) is 1. The average molecular weight is 270 g/mol. The normalized spacial score (nSPS) is 18.8. The summed E-state index contributed by atoms with van der Waals surface area (Å²) in [5, 5.41) is 9.54. The van der Waals surface area contributed by atoms with Gasteiger partial charge in [-0.2, -0.15) is 0 Å². The Morgan fingerprint density at radius 3 is 2.89 bits per heavy atom. The van der Waals surface area contributed by atoms with Gasteiger partial charge >= 0.3 is 12.1 Å². The van der Waals surface area contributed by atoms with Crippen molar-refractivity contribution in [2.75, 3.05) is 6.73 Å². The van der Waals surface area contributed by atoms with Gasteiger partial charge in [0.1, 0.15) is 6.04 Å². The van der Waals surface area contributed by atoms with Crippen LogP contribution < -0.4 is 0 Å². The fourth-order valence-electron chi connectivity index (χ4n) is 1.90. The zero-order valence-electron chi connectivity index (χ0n) is 9.51. The standard InChI is InChI=1S/C12H12ClNO4/c13-9-4-2-1-3-8(9)5-6-10-11(15)18-7-14(10)12(16)17/h1-4,10H,5-7H2,(H,16,17)/t10-/m0/s1. The number of carbonyl (C=O) groups excluding carboxylic acids is 1.